The second-order valence-electron chi connectivity index (χ2n) is 2.82. The van der Waals surface area contributed by atoms with E-state index >= 15 is 0 Å². The molecular formula is C9H12N2O2. The van der Waals surface area contributed by atoms with Gasteiger partial charge < -0.3 is 9.67 Å². The molecule has 0 atom stereocenters. The number of carboxylic acids is 1. The van der Waals surface area contributed by atoms with Crippen molar-refractivity contribution in [3.05, 3.63) is 29.9 Å². The Balaban J connectivity index is 2.67. The van der Waals surface area contributed by atoms with Crippen molar-refractivity contribution in [2.75, 3.05) is 0 Å². The molecule has 0 aromatic carbocycles. The number of hydrogen-bond donors (Lipinski definition) is 1. The van der Waals surface area contributed by atoms with Crippen LogP contribution in [-0.2, 0) is 11.3 Å². The summed E-state index contributed by atoms with van der Waals surface area (Å²) in [6.07, 6.45) is 5.18. The van der Waals surface area contributed by atoms with Crippen LogP contribution in [0.1, 0.15) is 12.7 Å². The summed E-state index contributed by atoms with van der Waals surface area (Å²) in [5.41, 5.74) is 0.355. The van der Waals surface area contributed by atoms with E-state index in [-0.39, 0.29) is 0 Å². The molecule has 0 radical (unpaired) electrons. The average molecular weight is 180 g/mol. The molecule has 1 N–H and O–H groups in total. The molecule has 13 heavy (non-hydrogen) atoms. The van der Waals surface area contributed by atoms with E-state index in [9.17, 15) is 4.79 Å². The Kier molecular flexibility index (Phi) is 2.84. The SMILES string of the molecule is CC(=CCn1ccnc1C)C(=O)O. The van der Waals surface area contributed by atoms with Crippen LogP contribution in [0.3, 0.4) is 0 Å². The van der Waals surface area contributed by atoms with E-state index in [1.54, 1.807) is 19.2 Å². The Bertz CT molecular complexity index is 339. The number of imidazole rings is 1. The number of aromatic nitrogens is 2. The zero-order valence-corrected chi connectivity index (χ0v) is 7.69. The molecule has 70 valence electrons. The highest BCUT2D eigenvalue weighted by molar-refractivity contribution is 5.85. The standard InChI is InChI=1S/C9H12N2O2/c1-7(9(12)13)3-5-11-6-4-10-8(11)2/h3-4,6H,5H2,1-2H3,(H,12,13). The lowest BCUT2D eigenvalue weighted by Gasteiger charge is -2.00. The largest absolute Gasteiger partial charge is 0.478 e. The number of hydrogen-bond acceptors (Lipinski definition) is 2. The van der Waals surface area contributed by atoms with Gasteiger partial charge in [0, 0.05) is 24.5 Å². The third kappa shape index (κ3) is 2.43. The number of rotatable bonds is 3. The number of carbonyl (C=O) groups is 1. The summed E-state index contributed by atoms with van der Waals surface area (Å²) < 4.78 is 1.88. The van der Waals surface area contributed by atoms with Gasteiger partial charge in [-0.15, -0.1) is 0 Å². The lowest BCUT2D eigenvalue weighted by molar-refractivity contribution is -0.132. The number of allylic oxidation sites excluding steroid dienone is 1. The molecule has 1 rings (SSSR count). The maximum absolute atomic E-state index is 10.5. The highest BCUT2D eigenvalue weighted by atomic mass is 16.4. The van der Waals surface area contributed by atoms with Crippen molar-refractivity contribution in [2.45, 2.75) is 20.4 Å². The molecule has 0 saturated carbocycles. The van der Waals surface area contributed by atoms with Crippen molar-refractivity contribution in [3.8, 4) is 0 Å². The third-order valence-corrected chi connectivity index (χ3v) is 1.86. The first-order chi connectivity index (χ1) is 6.11. The lowest BCUT2D eigenvalue weighted by Crippen LogP contribution is -2.01. The fraction of sp³-hybridized carbons (Fsp3) is 0.333. The highest BCUT2D eigenvalue weighted by Crippen LogP contribution is 1.98. The Hall–Kier alpha value is -1.58. The predicted octanol–water partition coefficient (Wildman–Crippen LogP) is 1.22. The smallest absolute Gasteiger partial charge is 0.331 e. The van der Waals surface area contributed by atoms with Crippen LogP contribution >= 0.6 is 0 Å². The summed E-state index contributed by atoms with van der Waals surface area (Å²) in [6, 6.07) is 0. The first-order valence-electron chi connectivity index (χ1n) is 3.99. The molecule has 4 heteroatoms. The summed E-state index contributed by atoms with van der Waals surface area (Å²) >= 11 is 0. The average Bonchev–Trinajstić information content (AvgIpc) is 2.47. The quantitative estimate of drug-likeness (QED) is 0.711. The molecule has 1 aromatic rings. The van der Waals surface area contributed by atoms with Crippen molar-refractivity contribution in [1.29, 1.82) is 0 Å². The van der Waals surface area contributed by atoms with Crippen LogP contribution in [-0.4, -0.2) is 20.6 Å². The van der Waals surface area contributed by atoms with Crippen LogP contribution in [0.5, 0.6) is 0 Å². The van der Waals surface area contributed by atoms with E-state index in [2.05, 4.69) is 4.98 Å². The van der Waals surface area contributed by atoms with Crippen molar-refractivity contribution in [2.24, 2.45) is 0 Å². The van der Waals surface area contributed by atoms with Crippen molar-refractivity contribution in [3.63, 3.8) is 0 Å². The minimum Gasteiger partial charge on any atom is -0.478 e. The van der Waals surface area contributed by atoms with Gasteiger partial charge in [0.25, 0.3) is 0 Å². The fourth-order valence-electron chi connectivity index (χ4n) is 0.919. The van der Waals surface area contributed by atoms with E-state index in [4.69, 9.17) is 5.11 Å². The fourth-order valence-corrected chi connectivity index (χ4v) is 0.919. The number of aliphatic carboxylic acids is 1. The van der Waals surface area contributed by atoms with Crippen LogP contribution < -0.4 is 0 Å². The van der Waals surface area contributed by atoms with E-state index in [0.29, 0.717) is 12.1 Å². The molecule has 0 aliphatic rings. The highest BCUT2D eigenvalue weighted by Gasteiger charge is 1.99. The number of nitrogens with zero attached hydrogens (tertiary/aromatic N) is 2. The monoisotopic (exact) mass is 180 g/mol. The predicted molar refractivity (Wildman–Crippen MR) is 48.4 cm³/mol. The summed E-state index contributed by atoms with van der Waals surface area (Å²) in [7, 11) is 0. The lowest BCUT2D eigenvalue weighted by atomic mass is 10.3. The molecule has 0 aliphatic heterocycles. The van der Waals surface area contributed by atoms with Crippen molar-refractivity contribution < 1.29 is 9.90 Å². The van der Waals surface area contributed by atoms with Crippen LogP contribution in [0.25, 0.3) is 0 Å². The van der Waals surface area contributed by atoms with Gasteiger partial charge in [0.05, 0.1) is 0 Å². The van der Waals surface area contributed by atoms with Crippen LogP contribution in [0.4, 0.5) is 0 Å². The van der Waals surface area contributed by atoms with Crippen LogP contribution in [0.2, 0.25) is 0 Å². The van der Waals surface area contributed by atoms with Gasteiger partial charge in [0.1, 0.15) is 5.82 Å². The Morgan fingerprint density at radius 1 is 1.77 bits per heavy atom. The Labute approximate surface area is 76.5 Å². The first kappa shape index (κ1) is 9.51. The summed E-state index contributed by atoms with van der Waals surface area (Å²) in [4.78, 5) is 14.5. The minimum atomic E-state index is -0.877. The molecule has 0 unspecified atom stereocenters. The van der Waals surface area contributed by atoms with Crippen LogP contribution in [0, 0.1) is 6.92 Å². The minimum absolute atomic E-state index is 0.355. The van der Waals surface area contributed by atoms with E-state index in [1.807, 2.05) is 17.7 Å². The third-order valence-electron chi connectivity index (χ3n) is 1.86. The van der Waals surface area contributed by atoms with Crippen LogP contribution in [0.15, 0.2) is 24.0 Å². The maximum Gasteiger partial charge on any atom is 0.331 e. The van der Waals surface area contributed by atoms with Gasteiger partial charge in [0.2, 0.25) is 0 Å². The molecule has 0 fully saturated rings. The molecule has 4 nitrogen and oxygen atoms in total. The van der Waals surface area contributed by atoms with E-state index < -0.39 is 5.97 Å². The molecular weight excluding hydrogens is 168 g/mol. The zero-order valence-electron chi connectivity index (χ0n) is 7.69. The summed E-state index contributed by atoms with van der Waals surface area (Å²) in [5, 5.41) is 8.59. The van der Waals surface area contributed by atoms with Gasteiger partial charge >= 0.3 is 5.97 Å². The van der Waals surface area contributed by atoms with E-state index in [1.165, 1.54) is 0 Å². The van der Waals surface area contributed by atoms with Gasteiger partial charge in [-0.1, -0.05) is 6.08 Å². The normalized spacial score (nSPS) is 11.7. The molecule has 0 spiro atoms. The molecule has 0 saturated heterocycles. The van der Waals surface area contributed by atoms with Gasteiger partial charge in [-0.05, 0) is 13.8 Å². The zero-order chi connectivity index (χ0) is 9.84. The van der Waals surface area contributed by atoms with Crippen molar-refractivity contribution in [1.82, 2.24) is 9.55 Å². The van der Waals surface area contributed by atoms with Crippen molar-refractivity contribution >= 4 is 5.97 Å². The Morgan fingerprint density at radius 3 is 2.92 bits per heavy atom. The molecule has 0 bridgehead atoms. The van der Waals surface area contributed by atoms with E-state index in [0.717, 1.165) is 5.82 Å². The van der Waals surface area contributed by atoms with Gasteiger partial charge in [-0.2, -0.15) is 0 Å². The number of carboxylic acid groups (broad SMARTS) is 1. The first-order valence-corrected chi connectivity index (χ1v) is 3.99. The Morgan fingerprint density at radius 2 is 2.46 bits per heavy atom. The summed E-state index contributed by atoms with van der Waals surface area (Å²) in [5.74, 6) is 0.00667. The second-order valence-corrected chi connectivity index (χ2v) is 2.82. The topological polar surface area (TPSA) is 55.1 Å². The maximum atomic E-state index is 10.5. The molecule has 1 aromatic heterocycles. The molecule has 0 aliphatic carbocycles. The van der Waals surface area contributed by atoms with Gasteiger partial charge in [-0.3, -0.25) is 0 Å². The molecule has 0 amide bonds. The van der Waals surface area contributed by atoms with Gasteiger partial charge in [0.15, 0.2) is 0 Å². The second kappa shape index (κ2) is 3.89. The van der Waals surface area contributed by atoms with Gasteiger partial charge in [-0.25, -0.2) is 9.78 Å². The number of aryl methyl sites for hydroxylation is 1. The molecule has 1 heterocycles. The summed E-state index contributed by atoms with van der Waals surface area (Å²) in [6.45, 7) is 4.02.